The highest BCUT2D eigenvalue weighted by Gasteiger charge is 2.22. The first-order valence-corrected chi connectivity index (χ1v) is 11.3. The lowest BCUT2D eigenvalue weighted by Gasteiger charge is -2.32. The number of rotatable bonds is 7. The summed E-state index contributed by atoms with van der Waals surface area (Å²) in [6.45, 7) is 4.98. The van der Waals surface area contributed by atoms with E-state index in [2.05, 4.69) is 9.62 Å². The summed E-state index contributed by atoms with van der Waals surface area (Å²) in [6, 6.07) is 14.3. The second-order valence-corrected chi connectivity index (χ2v) is 9.36. The Bertz CT molecular complexity index is 924. The minimum Gasteiger partial charge on any atom is -0.465 e. The fraction of sp³-hybridized carbons (Fsp3) is 0.409. The van der Waals surface area contributed by atoms with Gasteiger partial charge in [0.25, 0.3) is 0 Å². The SMILES string of the molecule is COC(=O)c1ccc(CN2CCCC(CNS(=O)(=O)c3ccc(C)cc3)C2)cc1. The number of likely N-dealkylation sites (tertiary alicyclic amines) is 1. The van der Waals surface area contributed by atoms with E-state index in [1.165, 1.54) is 7.11 Å². The van der Waals surface area contributed by atoms with Gasteiger partial charge in [0.05, 0.1) is 17.6 Å². The van der Waals surface area contributed by atoms with Crippen LogP contribution in [0, 0.1) is 12.8 Å². The van der Waals surface area contributed by atoms with Crippen molar-refractivity contribution in [3.05, 3.63) is 65.2 Å². The normalized spacial score (nSPS) is 17.8. The molecular weight excluding hydrogens is 388 g/mol. The average molecular weight is 417 g/mol. The molecule has 3 rings (SSSR count). The lowest BCUT2D eigenvalue weighted by molar-refractivity contribution is 0.0600. The lowest BCUT2D eigenvalue weighted by Crippen LogP contribution is -2.40. The highest BCUT2D eigenvalue weighted by Crippen LogP contribution is 2.19. The predicted molar refractivity (Wildman–Crippen MR) is 112 cm³/mol. The van der Waals surface area contributed by atoms with Crippen LogP contribution in [0.3, 0.4) is 0 Å². The summed E-state index contributed by atoms with van der Waals surface area (Å²) in [5.41, 5.74) is 2.70. The van der Waals surface area contributed by atoms with Crippen molar-refractivity contribution < 1.29 is 17.9 Å². The molecule has 1 saturated heterocycles. The number of piperidine rings is 1. The van der Waals surface area contributed by atoms with E-state index < -0.39 is 10.0 Å². The molecule has 0 saturated carbocycles. The molecule has 1 aliphatic heterocycles. The van der Waals surface area contributed by atoms with E-state index in [0.717, 1.165) is 43.6 Å². The number of nitrogens with zero attached hydrogens (tertiary/aromatic N) is 1. The van der Waals surface area contributed by atoms with Crippen LogP contribution in [0.4, 0.5) is 0 Å². The number of hydrogen-bond donors (Lipinski definition) is 1. The first-order chi connectivity index (χ1) is 13.9. The number of carbonyl (C=O) groups is 1. The van der Waals surface area contributed by atoms with Crippen molar-refractivity contribution in [1.29, 1.82) is 0 Å². The van der Waals surface area contributed by atoms with E-state index in [9.17, 15) is 13.2 Å². The van der Waals surface area contributed by atoms with Crippen molar-refractivity contribution in [2.75, 3.05) is 26.7 Å². The molecule has 1 N–H and O–H groups in total. The van der Waals surface area contributed by atoms with Crippen molar-refractivity contribution in [2.45, 2.75) is 31.2 Å². The minimum atomic E-state index is -3.48. The van der Waals surface area contributed by atoms with Crippen LogP contribution in [-0.4, -0.2) is 46.0 Å². The van der Waals surface area contributed by atoms with Crippen LogP contribution in [0.1, 0.15) is 34.3 Å². The molecule has 156 valence electrons. The fourth-order valence-corrected chi connectivity index (χ4v) is 4.73. The molecular formula is C22H28N2O4S. The summed E-state index contributed by atoms with van der Waals surface area (Å²) < 4.78 is 32.5. The van der Waals surface area contributed by atoms with Crippen molar-refractivity contribution >= 4 is 16.0 Å². The maximum absolute atomic E-state index is 12.5. The van der Waals surface area contributed by atoms with Gasteiger partial charge in [-0.1, -0.05) is 29.8 Å². The van der Waals surface area contributed by atoms with Gasteiger partial charge in [0.2, 0.25) is 10.0 Å². The number of sulfonamides is 1. The van der Waals surface area contributed by atoms with Crippen molar-refractivity contribution in [1.82, 2.24) is 9.62 Å². The Morgan fingerprint density at radius 1 is 1.14 bits per heavy atom. The number of carbonyl (C=O) groups excluding carboxylic acids is 1. The molecule has 1 unspecified atom stereocenters. The molecule has 6 nitrogen and oxygen atoms in total. The van der Waals surface area contributed by atoms with Gasteiger partial charge in [0.15, 0.2) is 0 Å². The second kappa shape index (κ2) is 9.52. The summed E-state index contributed by atoms with van der Waals surface area (Å²) in [5.74, 6) is -0.0613. The number of methoxy groups -OCH3 is 1. The third kappa shape index (κ3) is 5.88. The molecule has 1 aliphatic rings. The van der Waals surface area contributed by atoms with Crippen molar-refractivity contribution in [2.24, 2.45) is 5.92 Å². The number of benzene rings is 2. The van der Waals surface area contributed by atoms with E-state index in [4.69, 9.17) is 4.74 Å². The molecule has 0 radical (unpaired) electrons. The average Bonchev–Trinajstić information content (AvgIpc) is 2.73. The van der Waals surface area contributed by atoms with Crippen LogP contribution in [0.2, 0.25) is 0 Å². The van der Waals surface area contributed by atoms with Gasteiger partial charge >= 0.3 is 5.97 Å². The van der Waals surface area contributed by atoms with Crippen molar-refractivity contribution in [3.63, 3.8) is 0 Å². The molecule has 7 heteroatoms. The van der Waals surface area contributed by atoms with Crippen LogP contribution in [0.25, 0.3) is 0 Å². The molecule has 29 heavy (non-hydrogen) atoms. The lowest BCUT2D eigenvalue weighted by atomic mass is 9.98. The van der Waals surface area contributed by atoms with Gasteiger partial charge in [-0.2, -0.15) is 0 Å². The number of esters is 1. The molecule has 0 amide bonds. The first-order valence-electron chi connectivity index (χ1n) is 9.83. The van der Waals surface area contributed by atoms with E-state index in [1.54, 1.807) is 24.3 Å². The molecule has 0 bridgehead atoms. The summed E-state index contributed by atoms with van der Waals surface area (Å²) in [4.78, 5) is 14.2. The van der Waals surface area contributed by atoms with Gasteiger partial charge in [-0.05, 0) is 62.1 Å². The first kappa shape index (κ1) is 21.5. The van der Waals surface area contributed by atoms with Gasteiger partial charge in [-0.15, -0.1) is 0 Å². The Kier molecular flexibility index (Phi) is 7.05. The molecule has 1 atom stereocenters. The summed E-state index contributed by atoms with van der Waals surface area (Å²) in [6.07, 6.45) is 2.05. The quantitative estimate of drug-likeness (QED) is 0.703. The number of nitrogens with one attached hydrogen (secondary N) is 1. The number of aryl methyl sites for hydroxylation is 1. The predicted octanol–water partition coefficient (Wildman–Crippen LogP) is 2.97. The summed E-state index contributed by atoms with van der Waals surface area (Å²) in [5, 5.41) is 0. The van der Waals surface area contributed by atoms with Crippen LogP contribution in [0.15, 0.2) is 53.4 Å². The molecule has 2 aromatic rings. The molecule has 2 aromatic carbocycles. The second-order valence-electron chi connectivity index (χ2n) is 7.60. The van der Waals surface area contributed by atoms with E-state index in [1.807, 2.05) is 31.2 Å². The highest BCUT2D eigenvalue weighted by molar-refractivity contribution is 7.89. The Morgan fingerprint density at radius 2 is 1.83 bits per heavy atom. The Morgan fingerprint density at radius 3 is 2.48 bits per heavy atom. The van der Waals surface area contributed by atoms with Crippen LogP contribution in [-0.2, 0) is 21.3 Å². The zero-order valence-electron chi connectivity index (χ0n) is 16.9. The smallest absolute Gasteiger partial charge is 0.337 e. The van der Waals surface area contributed by atoms with Crippen LogP contribution >= 0.6 is 0 Å². The van der Waals surface area contributed by atoms with Gasteiger partial charge in [-0.3, -0.25) is 4.90 Å². The molecule has 1 fully saturated rings. The van der Waals surface area contributed by atoms with Gasteiger partial charge in [0.1, 0.15) is 0 Å². The monoisotopic (exact) mass is 416 g/mol. The highest BCUT2D eigenvalue weighted by atomic mass is 32.2. The minimum absolute atomic E-state index is 0.276. The fourth-order valence-electron chi connectivity index (χ4n) is 3.61. The topological polar surface area (TPSA) is 75.7 Å². The maximum atomic E-state index is 12.5. The van der Waals surface area contributed by atoms with E-state index in [0.29, 0.717) is 17.0 Å². The maximum Gasteiger partial charge on any atom is 0.337 e. The van der Waals surface area contributed by atoms with E-state index in [-0.39, 0.29) is 11.9 Å². The number of ether oxygens (including phenoxy) is 1. The van der Waals surface area contributed by atoms with E-state index >= 15 is 0 Å². The molecule has 1 heterocycles. The Labute approximate surface area is 172 Å². The van der Waals surface area contributed by atoms with Gasteiger partial charge < -0.3 is 4.74 Å². The van der Waals surface area contributed by atoms with Crippen LogP contribution < -0.4 is 4.72 Å². The zero-order chi connectivity index (χ0) is 20.9. The third-order valence-corrected chi connectivity index (χ3v) is 6.72. The zero-order valence-corrected chi connectivity index (χ0v) is 17.7. The summed E-state index contributed by atoms with van der Waals surface area (Å²) in [7, 11) is -2.11. The largest absolute Gasteiger partial charge is 0.465 e. The van der Waals surface area contributed by atoms with Crippen LogP contribution in [0.5, 0.6) is 0 Å². The molecule has 0 aliphatic carbocycles. The standard InChI is InChI=1S/C22H28N2O4S/c1-17-5-11-21(12-6-17)29(26,27)23-14-19-4-3-13-24(16-19)15-18-7-9-20(10-8-18)22(25)28-2/h5-12,19,23H,3-4,13-16H2,1-2H3. The Hall–Kier alpha value is -2.22. The Balaban J connectivity index is 1.54. The number of hydrogen-bond acceptors (Lipinski definition) is 5. The van der Waals surface area contributed by atoms with Gasteiger partial charge in [-0.25, -0.2) is 17.9 Å². The van der Waals surface area contributed by atoms with Gasteiger partial charge in [0, 0.05) is 19.6 Å². The summed E-state index contributed by atoms with van der Waals surface area (Å²) >= 11 is 0. The van der Waals surface area contributed by atoms with Crippen molar-refractivity contribution in [3.8, 4) is 0 Å². The third-order valence-electron chi connectivity index (χ3n) is 5.28. The molecule has 0 spiro atoms. The molecule has 0 aromatic heterocycles.